The van der Waals surface area contributed by atoms with Gasteiger partial charge in [0.15, 0.2) is 23.4 Å². The summed E-state index contributed by atoms with van der Waals surface area (Å²) >= 11 is 0. The largest absolute Gasteiger partial charge is 0.504 e. The minimum Gasteiger partial charge on any atom is -0.504 e. The fourth-order valence-electron chi connectivity index (χ4n) is 4.43. The SMILES string of the molecule is COc1c(O)c(C=O)c2oc(=O)c(-c3ccc(C(=O)NCCN4CCOCC4)cc3)c(C)c2c1OC. The van der Waals surface area contributed by atoms with Gasteiger partial charge in [0.2, 0.25) is 5.75 Å². The van der Waals surface area contributed by atoms with Crippen molar-refractivity contribution in [3.63, 3.8) is 0 Å². The molecule has 10 nitrogen and oxygen atoms in total. The first-order valence-corrected chi connectivity index (χ1v) is 11.5. The Morgan fingerprint density at radius 1 is 1.14 bits per heavy atom. The van der Waals surface area contributed by atoms with Gasteiger partial charge in [-0.3, -0.25) is 14.5 Å². The van der Waals surface area contributed by atoms with E-state index >= 15 is 0 Å². The van der Waals surface area contributed by atoms with Gasteiger partial charge < -0.3 is 29.1 Å². The first-order valence-electron chi connectivity index (χ1n) is 11.5. The van der Waals surface area contributed by atoms with Crippen LogP contribution < -0.4 is 20.4 Å². The zero-order valence-electron chi connectivity index (χ0n) is 20.4. The highest BCUT2D eigenvalue weighted by Gasteiger charge is 2.26. The number of carbonyl (C=O) groups is 2. The lowest BCUT2D eigenvalue weighted by Gasteiger charge is -2.26. The molecule has 0 saturated carbocycles. The summed E-state index contributed by atoms with van der Waals surface area (Å²) in [5.74, 6) is -0.598. The summed E-state index contributed by atoms with van der Waals surface area (Å²) in [6.07, 6.45) is 0.397. The van der Waals surface area contributed by atoms with Crippen LogP contribution in [0, 0.1) is 6.92 Å². The second kappa shape index (κ2) is 10.8. The molecule has 1 amide bonds. The molecule has 1 saturated heterocycles. The van der Waals surface area contributed by atoms with E-state index in [0.717, 1.165) is 19.6 Å². The first-order chi connectivity index (χ1) is 17.4. The number of nitrogens with zero attached hydrogens (tertiary/aromatic N) is 1. The van der Waals surface area contributed by atoms with Gasteiger partial charge in [0, 0.05) is 31.7 Å². The van der Waals surface area contributed by atoms with Crippen molar-refractivity contribution in [2.45, 2.75) is 6.92 Å². The van der Waals surface area contributed by atoms with E-state index < -0.39 is 11.4 Å². The molecule has 0 atom stereocenters. The fourth-order valence-corrected chi connectivity index (χ4v) is 4.43. The van der Waals surface area contributed by atoms with Gasteiger partial charge in [-0.25, -0.2) is 4.79 Å². The minimum atomic E-state index is -0.697. The van der Waals surface area contributed by atoms with Crippen LogP contribution in [0.25, 0.3) is 22.1 Å². The predicted molar refractivity (Wildman–Crippen MR) is 132 cm³/mol. The Morgan fingerprint density at radius 3 is 2.42 bits per heavy atom. The van der Waals surface area contributed by atoms with Crippen LogP contribution in [0.3, 0.4) is 0 Å². The van der Waals surface area contributed by atoms with Crippen molar-refractivity contribution in [3.05, 3.63) is 51.4 Å². The van der Waals surface area contributed by atoms with E-state index in [1.165, 1.54) is 14.2 Å². The molecule has 2 N–H and O–H groups in total. The number of methoxy groups -OCH3 is 2. The molecule has 1 aliphatic rings. The minimum absolute atomic E-state index is 0.0425. The Kier molecular flexibility index (Phi) is 7.56. The molecular formula is C26H28N2O8. The predicted octanol–water partition coefficient (Wildman–Crippen LogP) is 2.37. The number of carbonyl (C=O) groups excluding carboxylic acids is 2. The number of hydrogen-bond acceptors (Lipinski definition) is 9. The highest BCUT2D eigenvalue weighted by molar-refractivity contribution is 6.05. The van der Waals surface area contributed by atoms with Crippen molar-refractivity contribution in [1.29, 1.82) is 0 Å². The highest BCUT2D eigenvalue weighted by atomic mass is 16.5. The third-order valence-electron chi connectivity index (χ3n) is 6.30. The van der Waals surface area contributed by atoms with Crippen molar-refractivity contribution in [1.82, 2.24) is 10.2 Å². The number of nitrogens with one attached hydrogen (secondary N) is 1. The third kappa shape index (κ3) is 4.65. The number of hydrogen-bond donors (Lipinski definition) is 2. The molecule has 0 aliphatic carbocycles. The van der Waals surface area contributed by atoms with Gasteiger partial charge >= 0.3 is 5.63 Å². The van der Waals surface area contributed by atoms with E-state index in [1.54, 1.807) is 31.2 Å². The van der Waals surface area contributed by atoms with Crippen LogP contribution >= 0.6 is 0 Å². The van der Waals surface area contributed by atoms with Crippen LogP contribution in [0.1, 0.15) is 26.3 Å². The maximum absolute atomic E-state index is 13.0. The number of phenolic OH excluding ortho intramolecular Hbond substituents is 1. The number of aryl methyl sites for hydroxylation is 1. The molecule has 10 heteroatoms. The summed E-state index contributed by atoms with van der Waals surface area (Å²) in [4.78, 5) is 39.5. The molecule has 3 aromatic rings. The molecular weight excluding hydrogens is 468 g/mol. The molecule has 2 aromatic carbocycles. The van der Waals surface area contributed by atoms with Crippen molar-refractivity contribution < 1.29 is 33.3 Å². The van der Waals surface area contributed by atoms with Crippen LogP contribution in [0.5, 0.6) is 17.2 Å². The van der Waals surface area contributed by atoms with Gasteiger partial charge in [-0.15, -0.1) is 0 Å². The number of ether oxygens (including phenoxy) is 3. The molecule has 2 heterocycles. The van der Waals surface area contributed by atoms with Crippen molar-refractivity contribution in [2.75, 3.05) is 53.6 Å². The molecule has 0 bridgehead atoms. The average molecular weight is 497 g/mol. The lowest BCUT2D eigenvalue weighted by atomic mass is 9.96. The van der Waals surface area contributed by atoms with E-state index in [-0.39, 0.29) is 34.1 Å². The normalized spacial score (nSPS) is 14.0. The zero-order valence-corrected chi connectivity index (χ0v) is 20.4. The summed E-state index contributed by atoms with van der Waals surface area (Å²) in [6.45, 7) is 6.05. The van der Waals surface area contributed by atoms with Crippen molar-refractivity contribution >= 4 is 23.2 Å². The summed E-state index contributed by atoms with van der Waals surface area (Å²) < 4.78 is 21.5. The summed E-state index contributed by atoms with van der Waals surface area (Å²) in [7, 11) is 2.71. The van der Waals surface area contributed by atoms with Crippen molar-refractivity contribution in [3.8, 4) is 28.4 Å². The van der Waals surface area contributed by atoms with Gasteiger partial charge in [-0.2, -0.15) is 0 Å². The van der Waals surface area contributed by atoms with E-state index in [2.05, 4.69) is 10.2 Å². The van der Waals surface area contributed by atoms with Gasteiger partial charge in [0.05, 0.1) is 38.4 Å². The molecule has 0 spiro atoms. The molecule has 1 aromatic heterocycles. The van der Waals surface area contributed by atoms with E-state index in [4.69, 9.17) is 18.6 Å². The second-order valence-corrected chi connectivity index (χ2v) is 8.33. The number of aromatic hydroxyl groups is 1. The molecule has 1 fully saturated rings. The summed E-state index contributed by atoms with van der Waals surface area (Å²) in [5, 5.41) is 13.7. The topological polar surface area (TPSA) is 128 Å². The molecule has 1 aliphatic heterocycles. The molecule has 0 radical (unpaired) electrons. The fraction of sp³-hybridized carbons (Fsp3) is 0.346. The number of aldehydes is 1. The van der Waals surface area contributed by atoms with Gasteiger partial charge in [-0.05, 0) is 30.2 Å². The Bertz CT molecular complexity index is 1340. The first kappa shape index (κ1) is 25.2. The molecule has 36 heavy (non-hydrogen) atoms. The molecule has 190 valence electrons. The standard InChI is InChI=1S/C26H28N2O8/c1-15-19(26(32)36-22-18(14-29)21(30)24(34-3)23(33-2)20(15)22)16-4-6-17(7-5-16)25(31)27-8-9-28-10-12-35-13-11-28/h4-7,14,30H,8-13H2,1-3H3,(H,27,31). The van der Waals surface area contributed by atoms with E-state index in [1.807, 2.05) is 0 Å². The second-order valence-electron chi connectivity index (χ2n) is 8.33. The maximum atomic E-state index is 13.0. The van der Waals surface area contributed by atoms with E-state index in [0.29, 0.717) is 48.1 Å². The van der Waals surface area contributed by atoms with Crippen molar-refractivity contribution in [2.24, 2.45) is 0 Å². The molecule has 4 rings (SSSR count). The lowest BCUT2D eigenvalue weighted by Crippen LogP contribution is -2.41. The third-order valence-corrected chi connectivity index (χ3v) is 6.30. The van der Waals surface area contributed by atoms with Gasteiger partial charge in [0.1, 0.15) is 5.56 Å². The Hall–Kier alpha value is -3.89. The maximum Gasteiger partial charge on any atom is 0.344 e. The van der Waals surface area contributed by atoms with Crippen LogP contribution in [0.15, 0.2) is 33.5 Å². The number of fused-ring (bicyclic) bond motifs is 1. The molecule has 0 unspecified atom stereocenters. The van der Waals surface area contributed by atoms with Crippen LogP contribution in [0.4, 0.5) is 0 Å². The van der Waals surface area contributed by atoms with Crippen LogP contribution in [0.2, 0.25) is 0 Å². The van der Waals surface area contributed by atoms with Gasteiger partial charge in [0.25, 0.3) is 5.91 Å². The zero-order chi connectivity index (χ0) is 25.8. The van der Waals surface area contributed by atoms with Crippen LogP contribution in [-0.2, 0) is 4.74 Å². The number of phenols is 1. The number of morpholine rings is 1. The number of amides is 1. The quantitative estimate of drug-likeness (QED) is 0.357. The smallest absolute Gasteiger partial charge is 0.344 e. The monoisotopic (exact) mass is 496 g/mol. The average Bonchev–Trinajstić information content (AvgIpc) is 2.89. The lowest BCUT2D eigenvalue weighted by molar-refractivity contribution is 0.0383. The summed E-state index contributed by atoms with van der Waals surface area (Å²) in [6, 6.07) is 6.58. The van der Waals surface area contributed by atoms with E-state index in [9.17, 15) is 19.5 Å². The highest BCUT2D eigenvalue weighted by Crippen LogP contribution is 2.47. The van der Waals surface area contributed by atoms with Crippen LogP contribution in [-0.4, -0.2) is 75.8 Å². The Labute approximate surface area is 207 Å². The number of benzene rings is 2. The Balaban J connectivity index is 1.65. The summed E-state index contributed by atoms with van der Waals surface area (Å²) in [5.41, 5.74) is 0.691. The number of rotatable bonds is 8. The Morgan fingerprint density at radius 2 is 1.81 bits per heavy atom. The van der Waals surface area contributed by atoms with Gasteiger partial charge in [-0.1, -0.05) is 12.1 Å².